The van der Waals surface area contributed by atoms with Gasteiger partial charge in [-0.25, -0.2) is 31.7 Å². The minimum atomic E-state index is -3.62. The van der Waals surface area contributed by atoms with Crippen LogP contribution < -0.4 is 10.0 Å². The number of methoxy groups -OCH3 is 1. The molecular formula is C26H31ClF2N4O5S2. The number of aromatic nitrogens is 1. The molecule has 1 aromatic heterocycles. The fourth-order valence-electron chi connectivity index (χ4n) is 4.93. The van der Waals surface area contributed by atoms with Crippen LogP contribution in [0.3, 0.4) is 0 Å². The highest BCUT2D eigenvalue weighted by molar-refractivity contribution is 7.90. The van der Waals surface area contributed by atoms with Crippen LogP contribution in [0.25, 0.3) is 0 Å². The zero-order valence-electron chi connectivity index (χ0n) is 22.2. The number of rotatable bonds is 9. The maximum absolute atomic E-state index is 14.5. The lowest BCUT2D eigenvalue weighted by Crippen LogP contribution is -2.41. The molecule has 3 N–H and O–H groups in total. The first kappa shape index (κ1) is 30.5. The van der Waals surface area contributed by atoms with Gasteiger partial charge in [0.15, 0.2) is 22.5 Å². The van der Waals surface area contributed by atoms with E-state index in [4.69, 9.17) is 16.3 Å². The van der Waals surface area contributed by atoms with E-state index in [9.17, 15) is 27.1 Å². The summed E-state index contributed by atoms with van der Waals surface area (Å²) >= 11 is 7.51. The maximum Gasteiger partial charge on any atom is 0.338 e. The highest BCUT2D eigenvalue weighted by Crippen LogP contribution is 2.42. The number of hydrogen-bond donors (Lipinski definition) is 3. The first-order valence-corrected chi connectivity index (χ1v) is 15.5. The number of esters is 1. The summed E-state index contributed by atoms with van der Waals surface area (Å²) < 4.78 is 61.9. The molecule has 2 aromatic rings. The molecule has 1 saturated carbocycles. The van der Waals surface area contributed by atoms with Crippen LogP contribution in [0.2, 0.25) is 5.02 Å². The number of halogens is 3. The number of aliphatic imine (C=N–C) groups is 1. The van der Waals surface area contributed by atoms with Gasteiger partial charge in [-0.3, -0.25) is 4.99 Å². The van der Waals surface area contributed by atoms with E-state index in [0.29, 0.717) is 42.2 Å². The molecule has 14 heteroatoms. The third-order valence-electron chi connectivity index (χ3n) is 7.04. The maximum atomic E-state index is 14.5. The number of nitrogens with one attached hydrogen (secondary N) is 2. The number of benzene rings is 1. The SMILES string of the molecule is COC(=O)C1=C(C2CCC(S(=O)(=O)NCCC(C)(C)O)CC2)NC(c2nccs2)=NC1c1ccc(F)c(F)c1Cl. The van der Waals surface area contributed by atoms with Gasteiger partial charge in [0.05, 0.1) is 28.6 Å². The molecule has 40 heavy (non-hydrogen) atoms. The highest BCUT2D eigenvalue weighted by atomic mass is 35.5. The molecule has 1 aliphatic heterocycles. The minimum Gasteiger partial charge on any atom is -0.466 e. The van der Waals surface area contributed by atoms with Crippen LogP contribution >= 0.6 is 22.9 Å². The third kappa shape index (κ3) is 6.71. The quantitative estimate of drug-likeness (QED) is 0.284. The summed E-state index contributed by atoms with van der Waals surface area (Å²) in [5, 5.41) is 14.2. The highest BCUT2D eigenvalue weighted by Gasteiger charge is 2.40. The smallest absolute Gasteiger partial charge is 0.338 e. The second-order valence-electron chi connectivity index (χ2n) is 10.4. The van der Waals surface area contributed by atoms with Gasteiger partial charge in [-0.05, 0) is 57.9 Å². The molecule has 0 saturated heterocycles. The van der Waals surface area contributed by atoms with Crippen LogP contribution in [0.5, 0.6) is 0 Å². The van der Waals surface area contributed by atoms with Crippen molar-refractivity contribution >= 4 is 44.8 Å². The zero-order valence-corrected chi connectivity index (χ0v) is 24.6. The number of carbonyl (C=O) groups is 1. The molecule has 2 aliphatic rings. The van der Waals surface area contributed by atoms with Gasteiger partial charge in [-0.2, -0.15) is 0 Å². The molecule has 1 unspecified atom stereocenters. The second-order valence-corrected chi connectivity index (χ2v) is 13.7. The van der Waals surface area contributed by atoms with Gasteiger partial charge in [-0.15, -0.1) is 11.3 Å². The number of amidine groups is 1. The lowest BCUT2D eigenvalue weighted by atomic mass is 9.82. The van der Waals surface area contributed by atoms with Gasteiger partial charge < -0.3 is 15.2 Å². The fraction of sp³-hybridized carbons (Fsp3) is 0.500. The van der Waals surface area contributed by atoms with Crippen LogP contribution in [-0.2, 0) is 19.6 Å². The zero-order chi connectivity index (χ0) is 29.2. The van der Waals surface area contributed by atoms with E-state index in [-0.39, 0.29) is 30.0 Å². The molecule has 1 fully saturated rings. The molecule has 1 aliphatic carbocycles. The Bertz CT molecular complexity index is 1420. The number of hydrogen-bond acceptors (Lipinski definition) is 9. The Morgan fingerprint density at radius 1 is 1.27 bits per heavy atom. The number of ether oxygens (including phenoxy) is 1. The molecule has 1 atom stereocenters. The monoisotopic (exact) mass is 616 g/mol. The van der Waals surface area contributed by atoms with Gasteiger partial charge in [0.25, 0.3) is 0 Å². The third-order valence-corrected chi connectivity index (χ3v) is 10.2. The van der Waals surface area contributed by atoms with Gasteiger partial charge in [0, 0.05) is 29.4 Å². The average molecular weight is 617 g/mol. The molecule has 0 spiro atoms. The van der Waals surface area contributed by atoms with Crippen molar-refractivity contribution in [2.24, 2.45) is 10.9 Å². The number of thiazole rings is 1. The lowest BCUT2D eigenvalue weighted by Gasteiger charge is -2.35. The molecule has 9 nitrogen and oxygen atoms in total. The van der Waals surface area contributed by atoms with Crippen LogP contribution in [0.15, 0.2) is 40.0 Å². The van der Waals surface area contributed by atoms with Crippen molar-refractivity contribution in [1.82, 2.24) is 15.0 Å². The van der Waals surface area contributed by atoms with Gasteiger partial charge >= 0.3 is 5.97 Å². The van der Waals surface area contributed by atoms with Crippen LogP contribution in [0, 0.1) is 17.6 Å². The first-order valence-electron chi connectivity index (χ1n) is 12.7. The number of carbonyl (C=O) groups excluding carboxylic acids is 1. The molecule has 218 valence electrons. The largest absolute Gasteiger partial charge is 0.466 e. The van der Waals surface area contributed by atoms with E-state index < -0.39 is 49.5 Å². The van der Waals surface area contributed by atoms with Crippen molar-refractivity contribution < 1.29 is 31.8 Å². The van der Waals surface area contributed by atoms with E-state index in [1.165, 1.54) is 24.5 Å². The summed E-state index contributed by atoms with van der Waals surface area (Å²) in [6.07, 6.45) is 3.34. The van der Waals surface area contributed by atoms with Crippen molar-refractivity contribution in [2.45, 2.75) is 62.8 Å². The molecule has 4 rings (SSSR count). The molecule has 0 radical (unpaired) electrons. The van der Waals surface area contributed by atoms with Crippen LogP contribution in [-0.4, -0.2) is 54.8 Å². The van der Waals surface area contributed by atoms with Crippen molar-refractivity contribution in [1.29, 1.82) is 0 Å². The number of sulfonamides is 1. The Labute approximate surface area is 240 Å². The van der Waals surface area contributed by atoms with Crippen LogP contribution in [0.1, 0.15) is 62.6 Å². The number of nitrogens with zero attached hydrogens (tertiary/aromatic N) is 2. The summed E-state index contributed by atoms with van der Waals surface area (Å²) in [5.74, 6) is -3.07. The van der Waals surface area contributed by atoms with E-state index in [2.05, 4.69) is 20.0 Å². The van der Waals surface area contributed by atoms with Gasteiger partial charge in [-0.1, -0.05) is 17.7 Å². The predicted octanol–water partition coefficient (Wildman–Crippen LogP) is 4.23. The fourth-order valence-corrected chi connectivity index (χ4v) is 7.29. The summed E-state index contributed by atoms with van der Waals surface area (Å²) in [7, 11) is -2.42. The topological polar surface area (TPSA) is 130 Å². The van der Waals surface area contributed by atoms with E-state index in [0.717, 1.165) is 6.07 Å². The number of allylic oxidation sites excluding steroid dienone is 1. The Morgan fingerprint density at radius 3 is 2.58 bits per heavy atom. The molecule has 0 bridgehead atoms. The van der Waals surface area contributed by atoms with Crippen molar-refractivity contribution in [3.05, 3.63) is 62.2 Å². The van der Waals surface area contributed by atoms with Crippen molar-refractivity contribution in [2.75, 3.05) is 13.7 Å². The normalized spacial score (nSPS) is 22.1. The average Bonchev–Trinajstić information content (AvgIpc) is 3.45. The number of aliphatic hydroxyl groups is 1. The van der Waals surface area contributed by atoms with E-state index in [1.54, 1.807) is 25.4 Å². The van der Waals surface area contributed by atoms with Gasteiger partial charge in [0.2, 0.25) is 10.0 Å². The summed E-state index contributed by atoms with van der Waals surface area (Å²) in [6.45, 7) is 3.34. The standard InChI is InChI=1S/C26H31ClF2N4O5S2/c1-26(2,35)10-11-31-40(36,37)15-6-4-14(5-7-15)21-18(25(34)38-3)22(16-8-9-17(28)20(29)19(16)27)33-23(32-21)24-30-12-13-39-24/h8-9,12-15,22,31,35H,4-7,10-11H2,1-3H3,(H,32,33). The summed E-state index contributed by atoms with van der Waals surface area (Å²) in [6, 6.07) is 1.09. The molecular weight excluding hydrogens is 586 g/mol. The summed E-state index contributed by atoms with van der Waals surface area (Å²) in [5.41, 5.74) is -0.358. The predicted molar refractivity (Wildman–Crippen MR) is 149 cm³/mol. The Morgan fingerprint density at radius 2 is 1.98 bits per heavy atom. The second kappa shape index (κ2) is 12.2. The molecule has 0 amide bonds. The van der Waals surface area contributed by atoms with Crippen molar-refractivity contribution in [3.8, 4) is 0 Å². The minimum absolute atomic E-state index is 0.0845. The van der Waals surface area contributed by atoms with E-state index in [1.807, 2.05) is 0 Å². The first-order chi connectivity index (χ1) is 18.8. The van der Waals surface area contributed by atoms with E-state index >= 15 is 0 Å². The Hall–Kier alpha value is -2.45. The molecule has 2 heterocycles. The Balaban J connectivity index is 1.67. The Kier molecular flexibility index (Phi) is 9.30. The van der Waals surface area contributed by atoms with Crippen LogP contribution in [0.4, 0.5) is 8.78 Å². The van der Waals surface area contributed by atoms with Gasteiger partial charge in [0.1, 0.15) is 6.04 Å². The molecule has 1 aromatic carbocycles. The van der Waals surface area contributed by atoms with Crippen molar-refractivity contribution in [3.63, 3.8) is 0 Å². The summed E-state index contributed by atoms with van der Waals surface area (Å²) in [4.78, 5) is 22.1. The lowest BCUT2D eigenvalue weighted by molar-refractivity contribution is -0.136.